The van der Waals surface area contributed by atoms with Crippen molar-refractivity contribution in [1.29, 1.82) is 5.26 Å². The van der Waals surface area contributed by atoms with Gasteiger partial charge in [0.15, 0.2) is 0 Å². The van der Waals surface area contributed by atoms with Gasteiger partial charge in [-0.05, 0) is 75.1 Å². The number of likely N-dealkylation sites (tertiary alicyclic amines) is 1. The molecular formula is C28H31ClN6O2. The third-order valence-corrected chi connectivity index (χ3v) is 7.77. The van der Waals surface area contributed by atoms with E-state index in [1.54, 1.807) is 29.1 Å². The zero-order valence-electron chi connectivity index (χ0n) is 20.9. The molecule has 9 heteroatoms. The predicted octanol–water partition coefficient (Wildman–Crippen LogP) is 4.38. The molecule has 2 aliphatic heterocycles. The summed E-state index contributed by atoms with van der Waals surface area (Å²) in [5.41, 5.74) is 4.02. The van der Waals surface area contributed by atoms with Crippen molar-refractivity contribution in [1.82, 2.24) is 14.7 Å². The number of hydrogen-bond donors (Lipinski definition) is 2. The van der Waals surface area contributed by atoms with Crippen LogP contribution >= 0.6 is 11.6 Å². The van der Waals surface area contributed by atoms with Crippen LogP contribution in [0.25, 0.3) is 5.69 Å². The Kier molecular flexibility index (Phi) is 7.47. The van der Waals surface area contributed by atoms with E-state index in [0.29, 0.717) is 33.6 Å². The highest BCUT2D eigenvalue weighted by Crippen LogP contribution is 2.29. The second kappa shape index (κ2) is 10.9. The van der Waals surface area contributed by atoms with Crippen LogP contribution in [-0.2, 0) is 0 Å². The Morgan fingerprint density at radius 2 is 1.78 bits per heavy atom. The number of aromatic nitrogens is 2. The molecule has 0 saturated carbocycles. The van der Waals surface area contributed by atoms with Crippen molar-refractivity contribution in [2.75, 3.05) is 36.4 Å². The number of rotatable bonds is 5. The summed E-state index contributed by atoms with van der Waals surface area (Å²) in [6, 6.07) is 15.6. The number of carbonyl (C=O) groups is 1. The average molecular weight is 519 g/mol. The fourth-order valence-corrected chi connectivity index (χ4v) is 5.50. The lowest BCUT2D eigenvalue weighted by Gasteiger charge is -2.42. The van der Waals surface area contributed by atoms with Crippen molar-refractivity contribution in [3.05, 3.63) is 70.5 Å². The summed E-state index contributed by atoms with van der Waals surface area (Å²) in [4.78, 5) is 17.8. The first kappa shape index (κ1) is 25.3. The molecule has 3 aromatic rings. The van der Waals surface area contributed by atoms with Gasteiger partial charge in [0, 0.05) is 42.9 Å². The molecular weight excluding hydrogens is 488 g/mol. The summed E-state index contributed by atoms with van der Waals surface area (Å²) in [6.07, 6.45) is 5.18. The molecule has 0 radical (unpaired) electrons. The van der Waals surface area contributed by atoms with Gasteiger partial charge < -0.3 is 20.2 Å². The monoisotopic (exact) mass is 518 g/mol. The van der Waals surface area contributed by atoms with E-state index in [-0.39, 0.29) is 12.0 Å². The van der Waals surface area contributed by atoms with Crippen molar-refractivity contribution in [3.8, 4) is 11.8 Å². The first-order valence-electron chi connectivity index (χ1n) is 12.8. The largest absolute Gasteiger partial charge is 0.393 e. The number of anilines is 2. The van der Waals surface area contributed by atoms with Crippen LogP contribution in [0.1, 0.15) is 47.3 Å². The molecule has 2 aliphatic rings. The van der Waals surface area contributed by atoms with Crippen molar-refractivity contribution < 1.29 is 9.90 Å². The standard InChI is InChI=1S/C28H31ClN6O2/c1-19-26(18-31-35(19)24-5-2-21(29)3-6-24)28(37)32-22-4-7-27(20(16-22)17-30)34-12-8-23(9-13-34)33-14-10-25(36)11-15-33/h2-7,16,18,23,25,36H,8-15H2,1H3,(H,32,37). The maximum atomic E-state index is 13.0. The molecule has 1 amide bonds. The molecule has 2 saturated heterocycles. The molecule has 1 aromatic heterocycles. The summed E-state index contributed by atoms with van der Waals surface area (Å²) in [5, 5.41) is 27.6. The van der Waals surface area contributed by atoms with Crippen molar-refractivity contribution >= 4 is 28.9 Å². The Bertz CT molecular complexity index is 1300. The second-order valence-corrected chi connectivity index (χ2v) is 10.3. The second-order valence-electron chi connectivity index (χ2n) is 9.82. The van der Waals surface area contributed by atoms with Crippen LogP contribution in [0.5, 0.6) is 0 Å². The number of nitriles is 1. The number of aliphatic hydroxyl groups excluding tert-OH is 1. The van der Waals surface area contributed by atoms with Crippen LogP contribution in [0, 0.1) is 18.3 Å². The molecule has 3 heterocycles. The number of halogens is 1. The number of nitrogens with one attached hydrogen (secondary N) is 1. The summed E-state index contributed by atoms with van der Waals surface area (Å²) in [7, 11) is 0. The Hall–Kier alpha value is -3.38. The highest BCUT2D eigenvalue weighted by molar-refractivity contribution is 6.30. The molecule has 2 N–H and O–H groups in total. The van der Waals surface area contributed by atoms with E-state index in [1.807, 2.05) is 31.2 Å². The number of amides is 1. The van der Waals surface area contributed by atoms with Gasteiger partial charge in [0.2, 0.25) is 0 Å². The molecule has 2 fully saturated rings. The molecule has 0 atom stereocenters. The van der Waals surface area contributed by atoms with E-state index >= 15 is 0 Å². The minimum atomic E-state index is -0.276. The summed E-state index contributed by atoms with van der Waals surface area (Å²) in [6.45, 7) is 5.53. The summed E-state index contributed by atoms with van der Waals surface area (Å²) in [5.74, 6) is -0.276. The van der Waals surface area contributed by atoms with Crippen LogP contribution < -0.4 is 10.2 Å². The van der Waals surface area contributed by atoms with Gasteiger partial charge in [-0.1, -0.05) is 11.6 Å². The number of benzene rings is 2. The Morgan fingerprint density at radius 1 is 1.08 bits per heavy atom. The van der Waals surface area contributed by atoms with Gasteiger partial charge in [-0.15, -0.1) is 0 Å². The lowest BCUT2D eigenvalue weighted by Crippen LogP contribution is -2.48. The molecule has 5 rings (SSSR count). The third kappa shape index (κ3) is 5.49. The van der Waals surface area contributed by atoms with Gasteiger partial charge in [-0.3, -0.25) is 4.79 Å². The van der Waals surface area contributed by atoms with Crippen LogP contribution in [0.4, 0.5) is 11.4 Å². The van der Waals surface area contributed by atoms with E-state index in [2.05, 4.69) is 26.3 Å². The smallest absolute Gasteiger partial charge is 0.259 e. The van der Waals surface area contributed by atoms with E-state index < -0.39 is 0 Å². The normalized spacial score (nSPS) is 17.5. The molecule has 0 spiro atoms. The molecule has 0 unspecified atom stereocenters. The summed E-state index contributed by atoms with van der Waals surface area (Å²) < 4.78 is 1.70. The van der Waals surface area contributed by atoms with Gasteiger partial charge in [0.1, 0.15) is 6.07 Å². The van der Waals surface area contributed by atoms with Crippen LogP contribution in [0.3, 0.4) is 0 Å². The third-order valence-electron chi connectivity index (χ3n) is 7.52. The lowest BCUT2D eigenvalue weighted by molar-refractivity contribution is 0.0542. The van der Waals surface area contributed by atoms with Gasteiger partial charge in [-0.2, -0.15) is 10.4 Å². The van der Waals surface area contributed by atoms with Crippen molar-refractivity contribution in [3.63, 3.8) is 0 Å². The SMILES string of the molecule is Cc1c(C(=O)Nc2ccc(N3CCC(N4CCC(O)CC4)CC3)c(C#N)c2)cnn1-c1ccc(Cl)cc1. The van der Waals surface area contributed by atoms with Crippen LogP contribution in [0.15, 0.2) is 48.7 Å². The topological polar surface area (TPSA) is 97.4 Å². The molecule has 2 aromatic carbocycles. The molecule has 192 valence electrons. The molecule has 37 heavy (non-hydrogen) atoms. The molecule has 0 bridgehead atoms. The number of piperidine rings is 2. The summed E-state index contributed by atoms with van der Waals surface area (Å²) >= 11 is 5.98. The maximum Gasteiger partial charge on any atom is 0.259 e. The van der Waals surface area contributed by atoms with E-state index in [1.165, 1.54) is 0 Å². The highest BCUT2D eigenvalue weighted by Gasteiger charge is 2.28. The fraction of sp³-hybridized carbons (Fsp3) is 0.393. The number of aliphatic hydroxyl groups is 1. The van der Waals surface area contributed by atoms with E-state index in [4.69, 9.17) is 11.6 Å². The van der Waals surface area contributed by atoms with E-state index in [9.17, 15) is 15.2 Å². The molecule has 8 nitrogen and oxygen atoms in total. The fourth-order valence-electron chi connectivity index (χ4n) is 5.38. The molecule has 0 aliphatic carbocycles. The quantitative estimate of drug-likeness (QED) is 0.520. The first-order valence-corrected chi connectivity index (χ1v) is 13.1. The Balaban J connectivity index is 1.24. The zero-order chi connectivity index (χ0) is 25.9. The van der Waals surface area contributed by atoms with Crippen LogP contribution in [-0.4, -0.2) is 64.0 Å². The number of hydrogen-bond acceptors (Lipinski definition) is 6. The van der Waals surface area contributed by atoms with E-state index in [0.717, 1.165) is 63.2 Å². The highest BCUT2D eigenvalue weighted by atomic mass is 35.5. The number of carbonyl (C=O) groups excluding carboxylic acids is 1. The van der Waals surface area contributed by atoms with Crippen molar-refractivity contribution in [2.24, 2.45) is 0 Å². The average Bonchev–Trinajstić information content (AvgIpc) is 3.31. The lowest BCUT2D eigenvalue weighted by atomic mass is 9.98. The van der Waals surface area contributed by atoms with Gasteiger partial charge in [-0.25, -0.2) is 4.68 Å². The Labute approximate surface area is 222 Å². The zero-order valence-corrected chi connectivity index (χ0v) is 21.7. The van der Waals surface area contributed by atoms with Gasteiger partial charge in [0.05, 0.1) is 40.5 Å². The van der Waals surface area contributed by atoms with Gasteiger partial charge >= 0.3 is 0 Å². The van der Waals surface area contributed by atoms with Crippen molar-refractivity contribution in [2.45, 2.75) is 44.8 Å². The minimum absolute atomic E-state index is 0.155. The van der Waals surface area contributed by atoms with Gasteiger partial charge in [0.25, 0.3) is 5.91 Å². The maximum absolute atomic E-state index is 13.0. The first-order chi connectivity index (χ1) is 17.9. The predicted molar refractivity (Wildman–Crippen MR) is 144 cm³/mol. The number of nitrogens with zero attached hydrogens (tertiary/aromatic N) is 5. The van der Waals surface area contributed by atoms with Crippen LogP contribution in [0.2, 0.25) is 5.02 Å². The Morgan fingerprint density at radius 3 is 2.46 bits per heavy atom. The minimum Gasteiger partial charge on any atom is -0.393 e.